The molecule has 0 spiro atoms. The number of carbonyl (C=O) groups is 1. The molecule has 1 amide bonds. The van der Waals surface area contributed by atoms with Gasteiger partial charge in [-0.25, -0.2) is 23.5 Å². The average Bonchev–Trinajstić information content (AvgIpc) is 2.66. The summed E-state index contributed by atoms with van der Waals surface area (Å²) in [6.45, 7) is 4.09. The van der Waals surface area contributed by atoms with E-state index in [1.165, 1.54) is 17.3 Å². The maximum Gasteiger partial charge on any atom is 0.412 e. The predicted octanol–water partition coefficient (Wildman–Crippen LogP) is 5.00. The van der Waals surface area contributed by atoms with E-state index in [0.29, 0.717) is 13.0 Å². The Balaban J connectivity index is 1.73. The molecule has 0 saturated carbocycles. The van der Waals surface area contributed by atoms with Crippen LogP contribution in [0.1, 0.15) is 33.1 Å². The predicted molar refractivity (Wildman–Crippen MR) is 106 cm³/mol. The van der Waals surface area contributed by atoms with Crippen LogP contribution < -0.4 is 10.1 Å². The molecule has 1 aromatic carbocycles. The van der Waals surface area contributed by atoms with Crippen LogP contribution in [0.5, 0.6) is 5.88 Å². The summed E-state index contributed by atoms with van der Waals surface area (Å²) in [7, 11) is 0. The summed E-state index contributed by atoms with van der Waals surface area (Å²) in [4.78, 5) is 21.9. The Hall–Kier alpha value is -2.49. The van der Waals surface area contributed by atoms with Gasteiger partial charge in [0.2, 0.25) is 5.88 Å². The second-order valence-corrected chi connectivity index (χ2v) is 7.66. The van der Waals surface area contributed by atoms with E-state index < -0.39 is 24.0 Å². The number of aromatic nitrogens is 2. The highest BCUT2D eigenvalue weighted by atomic mass is 79.9. The van der Waals surface area contributed by atoms with Crippen LogP contribution in [-0.2, 0) is 4.74 Å². The van der Waals surface area contributed by atoms with Gasteiger partial charge in [0.05, 0.1) is 16.3 Å². The Morgan fingerprint density at radius 3 is 2.79 bits per heavy atom. The summed E-state index contributed by atoms with van der Waals surface area (Å²) in [5.41, 5.74) is -0.0739. The number of nitrogens with zero attached hydrogens (tertiary/aromatic N) is 3. The number of rotatable bonds is 5. The molecular formula is C19H21BrF2N4O3. The molecule has 1 aliphatic rings. The van der Waals surface area contributed by atoms with Crippen molar-refractivity contribution in [3.8, 4) is 5.88 Å². The zero-order valence-electron chi connectivity index (χ0n) is 16.0. The number of amides is 1. The fraction of sp³-hybridized carbons (Fsp3) is 0.421. The molecule has 1 saturated heterocycles. The lowest BCUT2D eigenvalue weighted by Gasteiger charge is -2.34. The minimum atomic E-state index is -0.644. The highest BCUT2D eigenvalue weighted by molar-refractivity contribution is 9.10. The molecule has 0 bridgehead atoms. The molecule has 1 N–H and O–H groups in total. The van der Waals surface area contributed by atoms with Crippen molar-refractivity contribution in [1.82, 2.24) is 14.9 Å². The van der Waals surface area contributed by atoms with Crippen LogP contribution in [-0.4, -0.2) is 39.8 Å². The highest BCUT2D eigenvalue weighted by Gasteiger charge is 2.30. The van der Waals surface area contributed by atoms with E-state index in [9.17, 15) is 13.6 Å². The zero-order chi connectivity index (χ0) is 21.0. The largest absolute Gasteiger partial charge is 0.453 e. The molecule has 1 aliphatic heterocycles. The van der Waals surface area contributed by atoms with Crippen LogP contribution in [0.4, 0.5) is 25.1 Å². The van der Waals surface area contributed by atoms with Gasteiger partial charge in [-0.3, -0.25) is 4.90 Å². The van der Waals surface area contributed by atoms with Crippen molar-refractivity contribution >= 4 is 33.5 Å². The van der Waals surface area contributed by atoms with Gasteiger partial charge in [-0.05, 0) is 48.7 Å². The van der Waals surface area contributed by atoms with E-state index in [1.807, 2.05) is 0 Å². The van der Waals surface area contributed by atoms with E-state index in [4.69, 9.17) is 9.47 Å². The van der Waals surface area contributed by atoms with Crippen molar-refractivity contribution in [2.24, 2.45) is 0 Å². The number of hydrogen-bond acceptors (Lipinski definition) is 6. The molecule has 156 valence electrons. The van der Waals surface area contributed by atoms with Gasteiger partial charge in [0.1, 0.15) is 23.8 Å². The Morgan fingerprint density at radius 1 is 1.24 bits per heavy atom. The number of piperidine rings is 1. The molecule has 0 aliphatic carbocycles. The van der Waals surface area contributed by atoms with Gasteiger partial charge in [-0.2, -0.15) is 0 Å². The van der Waals surface area contributed by atoms with Crippen LogP contribution in [0, 0.1) is 11.6 Å². The van der Waals surface area contributed by atoms with E-state index in [2.05, 4.69) is 31.2 Å². The summed E-state index contributed by atoms with van der Waals surface area (Å²) >= 11 is 2.93. The molecule has 10 heteroatoms. The lowest BCUT2D eigenvalue weighted by molar-refractivity contribution is -0.0163. The minimum Gasteiger partial charge on any atom is -0.453 e. The molecule has 3 rings (SSSR count). The molecule has 0 radical (unpaired) electrons. The quantitative estimate of drug-likeness (QED) is 0.619. The van der Waals surface area contributed by atoms with E-state index in [-0.39, 0.29) is 28.0 Å². The maximum absolute atomic E-state index is 14.0. The van der Waals surface area contributed by atoms with E-state index in [1.54, 1.807) is 13.8 Å². The van der Waals surface area contributed by atoms with Crippen LogP contribution in [0.2, 0.25) is 0 Å². The van der Waals surface area contributed by atoms with Gasteiger partial charge in [-0.15, -0.1) is 0 Å². The SMILES string of the molecule is CC(C)OC(=O)N1CCCCC1Oc1cc(Nc2cc(F)c(Br)cc2F)ncn1. The van der Waals surface area contributed by atoms with Crippen molar-refractivity contribution in [1.29, 1.82) is 0 Å². The molecule has 1 atom stereocenters. The van der Waals surface area contributed by atoms with Gasteiger partial charge in [0.15, 0.2) is 6.23 Å². The molecule has 1 fully saturated rings. The monoisotopic (exact) mass is 470 g/mol. The second kappa shape index (κ2) is 9.34. The molecular weight excluding hydrogens is 450 g/mol. The number of anilines is 2. The zero-order valence-corrected chi connectivity index (χ0v) is 17.6. The van der Waals surface area contributed by atoms with Crippen LogP contribution in [0.25, 0.3) is 0 Å². The Bertz CT molecular complexity index is 885. The maximum atomic E-state index is 14.0. The summed E-state index contributed by atoms with van der Waals surface area (Å²) in [5.74, 6) is -0.826. The number of ether oxygens (including phenoxy) is 2. The number of carbonyl (C=O) groups excluding carboxylic acids is 1. The van der Waals surface area contributed by atoms with Gasteiger partial charge in [0.25, 0.3) is 0 Å². The first-order valence-corrected chi connectivity index (χ1v) is 10.0. The summed E-state index contributed by atoms with van der Waals surface area (Å²) in [6, 6.07) is 3.50. The third-order valence-corrected chi connectivity index (χ3v) is 4.80. The van der Waals surface area contributed by atoms with E-state index >= 15 is 0 Å². The number of likely N-dealkylation sites (tertiary alicyclic amines) is 1. The molecule has 29 heavy (non-hydrogen) atoms. The Kier molecular flexibility index (Phi) is 6.83. The summed E-state index contributed by atoms with van der Waals surface area (Å²) < 4.78 is 38.9. The molecule has 2 aromatic rings. The lowest BCUT2D eigenvalue weighted by Crippen LogP contribution is -2.47. The number of halogens is 3. The van der Waals surface area contributed by atoms with Crippen LogP contribution in [0.15, 0.2) is 29.0 Å². The summed E-state index contributed by atoms with van der Waals surface area (Å²) in [5, 5.41) is 2.71. The fourth-order valence-electron chi connectivity index (χ4n) is 2.87. The highest BCUT2D eigenvalue weighted by Crippen LogP contribution is 2.27. The topological polar surface area (TPSA) is 76.6 Å². The third-order valence-electron chi connectivity index (χ3n) is 4.19. The fourth-order valence-corrected chi connectivity index (χ4v) is 3.19. The van der Waals surface area contributed by atoms with Crippen molar-refractivity contribution in [2.75, 3.05) is 11.9 Å². The van der Waals surface area contributed by atoms with Gasteiger partial charge >= 0.3 is 6.09 Å². The summed E-state index contributed by atoms with van der Waals surface area (Å²) in [6.07, 6.45) is 2.43. The first-order chi connectivity index (χ1) is 13.8. The molecule has 7 nitrogen and oxygen atoms in total. The van der Waals surface area contributed by atoms with Gasteiger partial charge < -0.3 is 14.8 Å². The standard InChI is InChI=1S/C19H21BrF2N4O3/c1-11(2)28-19(27)26-6-4-3-5-18(26)29-17-9-16(23-10-24-17)25-15-8-13(21)12(20)7-14(15)22/h7-11,18H,3-6H2,1-2H3,(H,23,24,25). The third kappa shape index (κ3) is 5.53. The number of hydrogen-bond donors (Lipinski definition) is 1. The average molecular weight is 471 g/mol. The molecule has 2 heterocycles. The second-order valence-electron chi connectivity index (χ2n) is 6.81. The smallest absolute Gasteiger partial charge is 0.412 e. The van der Waals surface area contributed by atoms with Crippen LogP contribution in [0.3, 0.4) is 0 Å². The van der Waals surface area contributed by atoms with Gasteiger partial charge in [-0.1, -0.05) is 0 Å². The first kappa shape index (κ1) is 21.2. The Labute approximate surface area is 175 Å². The normalized spacial score (nSPS) is 16.6. The first-order valence-electron chi connectivity index (χ1n) is 9.21. The Morgan fingerprint density at radius 2 is 2.03 bits per heavy atom. The van der Waals surface area contributed by atoms with E-state index in [0.717, 1.165) is 25.0 Å². The number of nitrogens with one attached hydrogen (secondary N) is 1. The van der Waals surface area contributed by atoms with Crippen molar-refractivity contribution in [2.45, 2.75) is 45.4 Å². The van der Waals surface area contributed by atoms with Gasteiger partial charge in [0, 0.05) is 25.1 Å². The molecule has 1 unspecified atom stereocenters. The van der Waals surface area contributed by atoms with Crippen molar-refractivity contribution in [3.63, 3.8) is 0 Å². The lowest BCUT2D eigenvalue weighted by atomic mass is 10.1. The number of benzene rings is 1. The molecule has 1 aromatic heterocycles. The van der Waals surface area contributed by atoms with Crippen molar-refractivity contribution < 1.29 is 23.0 Å². The van der Waals surface area contributed by atoms with Crippen molar-refractivity contribution in [3.05, 3.63) is 40.6 Å². The van der Waals surface area contributed by atoms with Crippen LogP contribution >= 0.6 is 15.9 Å². The minimum absolute atomic E-state index is 0.0259.